The number of ether oxygens (including phenoxy) is 1. The zero-order valence-corrected chi connectivity index (χ0v) is 17.8. The third kappa shape index (κ3) is 3.68. The molecule has 1 aliphatic heterocycles. The van der Waals surface area contributed by atoms with Gasteiger partial charge in [0.2, 0.25) is 0 Å². The van der Waals surface area contributed by atoms with Gasteiger partial charge in [0.25, 0.3) is 5.91 Å². The lowest BCUT2D eigenvalue weighted by Gasteiger charge is -2.27. The van der Waals surface area contributed by atoms with E-state index in [1.165, 1.54) is 12.1 Å². The quantitative estimate of drug-likeness (QED) is 0.550. The minimum atomic E-state index is -0.420. The van der Waals surface area contributed by atoms with Crippen LogP contribution in [0.4, 0.5) is 10.1 Å². The molecule has 1 atom stereocenters. The maximum atomic E-state index is 13.7. The fourth-order valence-corrected chi connectivity index (χ4v) is 4.11. The number of rotatable bonds is 6. The molecular formula is C25H24FN3O2. The van der Waals surface area contributed by atoms with Gasteiger partial charge in [-0.15, -0.1) is 6.42 Å². The molecule has 2 aromatic carbocycles. The number of nitrogens with zero attached hydrogens (tertiary/aromatic N) is 3. The van der Waals surface area contributed by atoms with Crippen LogP contribution in [0.25, 0.3) is 0 Å². The Balaban J connectivity index is 1.91. The van der Waals surface area contributed by atoms with E-state index in [1.807, 2.05) is 24.3 Å². The van der Waals surface area contributed by atoms with E-state index >= 15 is 0 Å². The van der Waals surface area contributed by atoms with Crippen molar-refractivity contribution >= 4 is 11.6 Å². The number of carbonyl (C=O) groups is 1. The van der Waals surface area contributed by atoms with Crippen LogP contribution in [0.2, 0.25) is 0 Å². The van der Waals surface area contributed by atoms with Gasteiger partial charge in [-0.05, 0) is 54.3 Å². The summed E-state index contributed by atoms with van der Waals surface area (Å²) in [6, 6.07) is 13.2. The molecule has 1 aliphatic rings. The minimum absolute atomic E-state index is 0.199. The zero-order chi connectivity index (χ0) is 22.1. The van der Waals surface area contributed by atoms with Crippen molar-refractivity contribution < 1.29 is 13.9 Å². The van der Waals surface area contributed by atoms with Crippen molar-refractivity contribution in [2.45, 2.75) is 32.9 Å². The van der Waals surface area contributed by atoms with E-state index in [-0.39, 0.29) is 11.7 Å². The molecule has 0 N–H and O–H groups in total. The number of fused-ring (bicyclic) bond motifs is 1. The Labute approximate surface area is 181 Å². The second-order valence-electron chi connectivity index (χ2n) is 8.00. The molecule has 0 aliphatic carbocycles. The summed E-state index contributed by atoms with van der Waals surface area (Å²) in [5.74, 6) is 3.15. The van der Waals surface area contributed by atoms with Crippen molar-refractivity contribution in [1.82, 2.24) is 9.78 Å². The fraction of sp³-hybridized carbons (Fsp3) is 0.280. The lowest BCUT2D eigenvalue weighted by molar-refractivity contribution is 0.0988. The Hall–Kier alpha value is -3.59. The van der Waals surface area contributed by atoms with Crippen LogP contribution < -0.4 is 9.64 Å². The fourth-order valence-electron chi connectivity index (χ4n) is 4.11. The van der Waals surface area contributed by atoms with Crippen molar-refractivity contribution in [2.24, 2.45) is 5.92 Å². The summed E-state index contributed by atoms with van der Waals surface area (Å²) in [5, 5.41) is 4.60. The molecule has 1 aromatic heterocycles. The third-order valence-electron chi connectivity index (χ3n) is 5.43. The molecule has 2 heterocycles. The molecule has 158 valence electrons. The molecule has 0 radical (unpaired) electrons. The number of benzene rings is 2. The van der Waals surface area contributed by atoms with Gasteiger partial charge in [0, 0.05) is 16.9 Å². The predicted octanol–water partition coefficient (Wildman–Crippen LogP) is 4.61. The summed E-state index contributed by atoms with van der Waals surface area (Å²) in [6.45, 7) is 4.52. The van der Waals surface area contributed by atoms with Crippen molar-refractivity contribution in [3.05, 3.63) is 76.9 Å². The van der Waals surface area contributed by atoms with E-state index in [0.717, 1.165) is 28.9 Å². The maximum absolute atomic E-state index is 13.7. The highest BCUT2D eigenvalue weighted by Crippen LogP contribution is 2.44. The molecule has 1 amide bonds. The van der Waals surface area contributed by atoms with Gasteiger partial charge in [0.05, 0.1) is 13.2 Å². The van der Waals surface area contributed by atoms with E-state index in [9.17, 15) is 9.18 Å². The number of carbonyl (C=O) groups excluding carboxylic acids is 1. The Morgan fingerprint density at radius 3 is 2.42 bits per heavy atom. The number of hydrogen-bond acceptors (Lipinski definition) is 3. The molecule has 3 aromatic rings. The van der Waals surface area contributed by atoms with Crippen LogP contribution in [0, 0.1) is 24.1 Å². The monoisotopic (exact) mass is 417 g/mol. The van der Waals surface area contributed by atoms with E-state index in [2.05, 4.69) is 24.9 Å². The van der Waals surface area contributed by atoms with Crippen LogP contribution in [0.3, 0.4) is 0 Å². The summed E-state index contributed by atoms with van der Waals surface area (Å²) >= 11 is 0. The molecular weight excluding hydrogens is 393 g/mol. The smallest absolute Gasteiger partial charge is 0.280 e. The largest absolute Gasteiger partial charge is 0.497 e. The summed E-state index contributed by atoms with van der Waals surface area (Å²) in [4.78, 5) is 15.3. The molecule has 4 rings (SSSR count). The van der Waals surface area contributed by atoms with Crippen molar-refractivity contribution in [3.8, 4) is 18.1 Å². The molecule has 0 fully saturated rings. The Morgan fingerprint density at radius 1 is 1.16 bits per heavy atom. The Morgan fingerprint density at radius 2 is 1.84 bits per heavy atom. The first-order valence-corrected chi connectivity index (χ1v) is 10.2. The lowest BCUT2D eigenvalue weighted by Crippen LogP contribution is -2.30. The summed E-state index contributed by atoms with van der Waals surface area (Å²) in [7, 11) is 1.60. The number of halogens is 1. The normalized spacial score (nSPS) is 15.3. The first-order valence-electron chi connectivity index (χ1n) is 10.2. The number of aromatic nitrogens is 2. The molecule has 1 unspecified atom stereocenters. The molecule has 0 spiro atoms. The van der Waals surface area contributed by atoms with E-state index in [1.54, 1.807) is 28.8 Å². The van der Waals surface area contributed by atoms with Crippen molar-refractivity contribution in [3.63, 3.8) is 0 Å². The van der Waals surface area contributed by atoms with Crippen LogP contribution in [-0.2, 0) is 13.0 Å². The van der Waals surface area contributed by atoms with Crippen LogP contribution in [0.15, 0.2) is 48.5 Å². The number of hydrogen-bond donors (Lipinski definition) is 0. The number of amides is 1. The van der Waals surface area contributed by atoms with Crippen LogP contribution in [0.5, 0.6) is 5.75 Å². The first kappa shape index (κ1) is 20.7. The lowest BCUT2D eigenvalue weighted by atomic mass is 9.95. The average Bonchev–Trinajstić information content (AvgIpc) is 3.24. The van der Waals surface area contributed by atoms with Gasteiger partial charge >= 0.3 is 0 Å². The van der Waals surface area contributed by atoms with Crippen LogP contribution in [0.1, 0.15) is 47.2 Å². The summed E-state index contributed by atoms with van der Waals surface area (Å²) < 4.78 is 20.7. The zero-order valence-electron chi connectivity index (χ0n) is 17.8. The molecule has 0 saturated carbocycles. The van der Waals surface area contributed by atoms with Gasteiger partial charge in [-0.25, -0.2) is 4.39 Å². The van der Waals surface area contributed by atoms with Crippen molar-refractivity contribution in [1.29, 1.82) is 0 Å². The topological polar surface area (TPSA) is 47.4 Å². The first-order chi connectivity index (χ1) is 14.9. The molecule has 0 saturated heterocycles. The standard InChI is InChI=1S/C25H24FN3O2/c1-5-14-28-21(15-16(2)3)22-23(27-28)25(30)29(19-10-12-20(31-4)13-11-19)24(22)17-6-8-18(26)9-7-17/h1,6-13,16,24H,14-15H2,2-4H3. The average molecular weight is 417 g/mol. The van der Waals surface area contributed by atoms with Crippen LogP contribution >= 0.6 is 0 Å². The highest BCUT2D eigenvalue weighted by molar-refractivity contribution is 6.10. The Kier molecular flexibility index (Phi) is 5.51. The van der Waals surface area contributed by atoms with Crippen molar-refractivity contribution in [2.75, 3.05) is 12.0 Å². The van der Waals surface area contributed by atoms with Gasteiger partial charge in [-0.1, -0.05) is 31.9 Å². The summed E-state index contributed by atoms with van der Waals surface area (Å²) in [5.41, 5.74) is 3.72. The minimum Gasteiger partial charge on any atom is -0.497 e. The van der Waals surface area contributed by atoms with Gasteiger partial charge in [0.1, 0.15) is 18.1 Å². The third-order valence-corrected chi connectivity index (χ3v) is 5.43. The maximum Gasteiger partial charge on any atom is 0.280 e. The highest BCUT2D eigenvalue weighted by Gasteiger charge is 2.44. The van der Waals surface area contributed by atoms with Gasteiger partial charge in [-0.2, -0.15) is 5.10 Å². The van der Waals surface area contributed by atoms with E-state index in [0.29, 0.717) is 23.9 Å². The number of terminal acetylenes is 1. The SMILES string of the molecule is C#CCn1nc2c(c1CC(C)C)C(c1ccc(F)cc1)N(c1ccc(OC)cc1)C2=O. The summed E-state index contributed by atoms with van der Waals surface area (Å²) in [6.07, 6.45) is 6.29. The molecule has 0 bridgehead atoms. The van der Waals surface area contributed by atoms with Gasteiger partial charge < -0.3 is 4.74 Å². The van der Waals surface area contributed by atoms with E-state index in [4.69, 9.17) is 11.2 Å². The van der Waals surface area contributed by atoms with Gasteiger partial charge in [0.15, 0.2) is 5.69 Å². The second-order valence-corrected chi connectivity index (χ2v) is 8.00. The van der Waals surface area contributed by atoms with Gasteiger partial charge in [-0.3, -0.25) is 14.4 Å². The van der Waals surface area contributed by atoms with Crippen LogP contribution in [-0.4, -0.2) is 22.8 Å². The number of anilines is 1. The predicted molar refractivity (Wildman–Crippen MR) is 118 cm³/mol. The highest BCUT2D eigenvalue weighted by atomic mass is 19.1. The number of methoxy groups -OCH3 is 1. The molecule has 6 heteroatoms. The van der Waals surface area contributed by atoms with E-state index < -0.39 is 6.04 Å². The second kappa shape index (κ2) is 8.27. The molecule has 31 heavy (non-hydrogen) atoms. The Bertz CT molecular complexity index is 1140. The molecule has 5 nitrogen and oxygen atoms in total.